The highest BCUT2D eigenvalue weighted by atomic mass is 35.5. The molecule has 0 spiro atoms. The molecule has 1 aromatic carbocycles. The lowest BCUT2D eigenvalue weighted by Gasteiger charge is -2.46. The maximum Gasteiger partial charge on any atom is 0.283 e. The van der Waals surface area contributed by atoms with E-state index in [-0.39, 0.29) is 11.9 Å². The van der Waals surface area contributed by atoms with Gasteiger partial charge in [-0.1, -0.05) is 29.8 Å². The molecule has 0 radical (unpaired) electrons. The van der Waals surface area contributed by atoms with E-state index in [9.17, 15) is 4.79 Å². The Labute approximate surface area is 179 Å². The first-order valence-electron chi connectivity index (χ1n) is 10.0. The first-order valence-corrected chi connectivity index (χ1v) is 10.4. The molecule has 3 aliphatic heterocycles. The molecule has 9 heteroatoms. The van der Waals surface area contributed by atoms with Crippen molar-refractivity contribution in [1.82, 2.24) is 15.0 Å². The summed E-state index contributed by atoms with van der Waals surface area (Å²) in [4.78, 5) is 26.2. The van der Waals surface area contributed by atoms with Crippen molar-refractivity contribution in [2.24, 2.45) is 5.10 Å². The van der Waals surface area contributed by atoms with Crippen LogP contribution in [-0.4, -0.2) is 52.9 Å². The number of benzene rings is 1. The molecule has 0 saturated carbocycles. The molecular weight excluding hydrogens is 402 g/mol. The summed E-state index contributed by atoms with van der Waals surface area (Å²) in [7, 11) is 1.85. The van der Waals surface area contributed by atoms with Gasteiger partial charge >= 0.3 is 0 Å². The van der Waals surface area contributed by atoms with Crippen LogP contribution in [0, 0.1) is 6.92 Å². The van der Waals surface area contributed by atoms with E-state index >= 15 is 0 Å². The summed E-state index contributed by atoms with van der Waals surface area (Å²) in [6, 6.07) is 9.55. The molecule has 1 atom stereocenters. The molecule has 1 N–H and O–H groups in total. The number of fused-ring (bicyclic) bond motifs is 1. The molecule has 0 bridgehead atoms. The molecule has 154 valence electrons. The van der Waals surface area contributed by atoms with Crippen molar-refractivity contribution in [2.45, 2.75) is 25.8 Å². The predicted molar refractivity (Wildman–Crippen MR) is 118 cm³/mol. The fourth-order valence-electron chi connectivity index (χ4n) is 4.21. The van der Waals surface area contributed by atoms with Crippen molar-refractivity contribution < 1.29 is 4.79 Å². The summed E-state index contributed by atoms with van der Waals surface area (Å²) in [5.74, 6) is 2.23. The van der Waals surface area contributed by atoms with Gasteiger partial charge in [0.1, 0.15) is 23.7 Å². The zero-order valence-corrected chi connectivity index (χ0v) is 17.6. The van der Waals surface area contributed by atoms with Gasteiger partial charge in [0.2, 0.25) is 0 Å². The topological polar surface area (TPSA) is 77.0 Å². The molecule has 1 amide bonds. The minimum atomic E-state index is -0.129. The molecule has 8 nitrogen and oxygen atoms in total. The Morgan fingerprint density at radius 2 is 1.97 bits per heavy atom. The third kappa shape index (κ3) is 2.82. The van der Waals surface area contributed by atoms with Crippen LogP contribution in [0.1, 0.15) is 18.4 Å². The van der Waals surface area contributed by atoms with Gasteiger partial charge in [0.25, 0.3) is 5.91 Å². The Morgan fingerprint density at radius 1 is 1.17 bits per heavy atom. The third-order valence-corrected chi connectivity index (χ3v) is 6.18. The summed E-state index contributed by atoms with van der Waals surface area (Å²) in [5.41, 5.74) is 2.24. The van der Waals surface area contributed by atoms with Crippen molar-refractivity contribution in [1.29, 1.82) is 0 Å². The summed E-state index contributed by atoms with van der Waals surface area (Å²) in [6.07, 6.45) is 3.08. The Hall–Kier alpha value is -3.13. The monoisotopic (exact) mass is 423 g/mol. The minimum absolute atomic E-state index is 0.0617. The Kier molecular flexibility index (Phi) is 4.58. The number of anilines is 3. The standard InChI is InChI=1S/C21H22ClN7O/c1-13-18(23-2)24-12-25-19(13)27-10-9-16(27)20-26-28-11-8-15(22)17(28)21(30)29(20)14-6-4-3-5-7-14/h3-7,12,16H,8-11H2,1-2H3,(H,23,24,25)/t16-/m0/s1. The van der Waals surface area contributed by atoms with Crippen LogP contribution in [0.25, 0.3) is 0 Å². The smallest absolute Gasteiger partial charge is 0.283 e. The van der Waals surface area contributed by atoms with Crippen LogP contribution in [0.3, 0.4) is 0 Å². The van der Waals surface area contributed by atoms with Crippen molar-refractivity contribution in [3.63, 3.8) is 0 Å². The number of carbonyl (C=O) groups excluding carboxylic acids is 1. The highest BCUT2D eigenvalue weighted by Gasteiger charge is 2.45. The zero-order valence-electron chi connectivity index (χ0n) is 16.8. The molecule has 1 aromatic heterocycles. The minimum Gasteiger partial charge on any atom is -0.373 e. The van der Waals surface area contributed by atoms with Crippen molar-refractivity contribution in [3.05, 3.63) is 53.0 Å². The average molecular weight is 424 g/mol. The average Bonchev–Trinajstić information content (AvgIpc) is 3.10. The molecular formula is C21H22ClN7O. The van der Waals surface area contributed by atoms with Gasteiger partial charge in [-0.2, -0.15) is 5.10 Å². The number of amidine groups is 1. The van der Waals surface area contributed by atoms with E-state index in [1.165, 1.54) is 0 Å². The summed E-state index contributed by atoms with van der Waals surface area (Å²) >= 11 is 6.37. The maximum absolute atomic E-state index is 13.5. The maximum atomic E-state index is 13.5. The van der Waals surface area contributed by atoms with Crippen molar-refractivity contribution >= 4 is 40.7 Å². The molecule has 4 heterocycles. The van der Waals surface area contributed by atoms with E-state index in [4.69, 9.17) is 16.7 Å². The SMILES string of the molecule is CNc1ncnc(N2CC[C@H]2C2=NN3CCC(Cl)=C3C(=O)N2c2ccccc2)c1C. The molecule has 1 fully saturated rings. The molecule has 5 rings (SSSR count). The number of aromatic nitrogens is 2. The summed E-state index contributed by atoms with van der Waals surface area (Å²) < 4.78 is 0. The van der Waals surface area contributed by atoms with Crippen LogP contribution in [0.15, 0.2) is 52.5 Å². The van der Waals surface area contributed by atoms with E-state index in [1.807, 2.05) is 44.3 Å². The fraction of sp³-hybridized carbons (Fsp3) is 0.333. The number of hydrazone groups is 1. The fourth-order valence-corrected chi connectivity index (χ4v) is 4.48. The number of rotatable bonds is 4. The number of carbonyl (C=O) groups is 1. The van der Waals surface area contributed by atoms with E-state index in [0.717, 1.165) is 35.9 Å². The van der Waals surface area contributed by atoms with E-state index in [2.05, 4.69) is 20.2 Å². The van der Waals surface area contributed by atoms with Crippen LogP contribution in [0.4, 0.5) is 17.3 Å². The molecule has 3 aliphatic rings. The largest absolute Gasteiger partial charge is 0.373 e. The number of hydrogen-bond donors (Lipinski definition) is 1. The van der Waals surface area contributed by atoms with Crippen LogP contribution in [-0.2, 0) is 4.79 Å². The number of nitrogens with one attached hydrogen (secondary N) is 1. The van der Waals surface area contributed by atoms with Gasteiger partial charge in [0, 0.05) is 32.1 Å². The van der Waals surface area contributed by atoms with Gasteiger partial charge in [0.05, 0.1) is 16.8 Å². The van der Waals surface area contributed by atoms with Gasteiger partial charge in [0.15, 0.2) is 5.84 Å². The number of nitrogens with zero attached hydrogens (tertiary/aromatic N) is 6. The number of amides is 1. The van der Waals surface area contributed by atoms with Crippen LogP contribution < -0.4 is 15.1 Å². The van der Waals surface area contributed by atoms with Gasteiger partial charge in [-0.15, -0.1) is 0 Å². The van der Waals surface area contributed by atoms with Gasteiger partial charge in [-0.25, -0.2) is 9.97 Å². The van der Waals surface area contributed by atoms with Gasteiger partial charge in [-0.05, 0) is 25.5 Å². The Balaban J connectivity index is 1.58. The molecule has 0 unspecified atom stereocenters. The highest BCUT2D eigenvalue weighted by Crippen LogP contribution is 2.37. The third-order valence-electron chi connectivity index (χ3n) is 5.81. The van der Waals surface area contributed by atoms with Gasteiger partial charge < -0.3 is 10.2 Å². The lowest BCUT2D eigenvalue weighted by molar-refractivity contribution is -0.116. The first-order chi connectivity index (χ1) is 14.6. The number of hydrogen-bond acceptors (Lipinski definition) is 7. The zero-order chi connectivity index (χ0) is 20.8. The second-order valence-electron chi connectivity index (χ2n) is 7.48. The Morgan fingerprint density at radius 3 is 2.67 bits per heavy atom. The van der Waals surface area contributed by atoms with E-state index in [1.54, 1.807) is 16.2 Å². The van der Waals surface area contributed by atoms with E-state index < -0.39 is 0 Å². The van der Waals surface area contributed by atoms with Crippen LogP contribution >= 0.6 is 11.6 Å². The van der Waals surface area contributed by atoms with Crippen molar-refractivity contribution in [3.8, 4) is 0 Å². The lowest BCUT2D eigenvalue weighted by Crippen LogP contribution is -2.61. The highest BCUT2D eigenvalue weighted by molar-refractivity contribution is 6.35. The van der Waals surface area contributed by atoms with Gasteiger partial charge in [-0.3, -0.25) is 14.7 Å². The van der Waals surface area contributed by atoms with Crippen LogP contribution in [0.5, 0.6) is 0 Å². The lowest BCUT2D eigenvalue weighted by atomic mass is 9.99. The first kappa shape index (κ1) is 18.9. The number of halogens is 1. The summed E-state index contributed by atoms with van der Waals surface area (Å²) in [6.45, 7) is 3.46. The Bertz CT molecular complexity index is 1070. The molecule has 30 heavy (non-hydrogen) atoms. The predicted octanol–water partition coefficient (Wildman–Crippen LogP) is 2.92. The number of para-hydroxylation sites is 1. The van der Waals surface area contributed by atoms with Crippen molar-refractivity contribution in [2.75, 3.05) is 35.3 Å². The molecule has 1 saturated heterocycles. The van der Waals surface area contributed by atoms with Crippen LogP contribution in [0.2, 0.25) is 0 Å². The van der Waals surface area contributed by atoms with E-state index in [0.29, 0.717) is 29.5 Å². The quantitative estimate of drug-likeness (QED) is 0.814. The molecule has 2 aromatic rings. The normalized spacial score (nSPS) is 20.9. The second-order valence-corrected chi connectivity index (χ2v) is 7.94. The summed E-state index contributed by atoms with van der Waals surface area (Å²) in [5, 5.41) is 10.3. The second kappa shape index (κ2) is 7.28. The molecule has 0 aliphatic carbocycles.